The summed E-state index contributed by atoms with van der Waals surface area (Å²) in [6.45, 7) is 10.4. The minimum Gasteiger partial charge on any atom is -0.365 e. The molecule has 42 heavy (non-hydrogen) atoms. The Hall–Kier alpha value is 0.0748. The van der Waals surface area contributed by atoms with Crippen LogP contribution >= 0.6 is 0 Å². The highest BCUT2D eigenvalue weighted by atomic mass is 15.3. The fourth-order valence-corrected chi connectivity index (χ4v) is 6.35. The summed E-state index contributed by atoms with van der Waals surface area (Å²) in [5.41, 5.74) is 0. The third-order valence-corrected chi connectivity index (χ3v) is 9.20. The van der Waals surface area contributed by atoms with Crippen LogP contribution in [0.3, 0.4) is 0 Å². The number of hydrogen-bond acceptors (Lipinski definition) is 3. The van der Waals surface area contributed by atoms with Gasteiger partial charge in [0.1, 0.15) is 0 Å². The van der Waals surface area contributed by atoms with Gasteiger partial charge in [0.25, 0.3) is 22.6 Å². The molecule has 0 saturated carbocycles. The van der Waals surface area contributed by atoms with Gasteiger partial charge in [-0.3, -0.25) is 0 Å². The third-order valence-electron chi connectivity index (χ3n) is 9.20. The fraction of sp³-hybridized carbons (Fsp3) is 1.00. The lowest BCUT2D eigenvalue weighted by atomic mass is 9.73. The monoisotopic (exact) mass is 583 g/mol. The minimum absolute atomic E-state index is 1.17. The Morgan fingerprint density at radius 3 is 0.595 bits per heavy atom. The van der Waals surface area contributed by atoms with Crippen LogP contribution in [0.5, 0.6) is 0 Å². The summed E-state index contributed by atoms with van der Waals surface area (Å²) >= 11 is 0. The number of nitrogens with zero attached hydrogens (tertiary/aromatic N) is 3. The average Bonchev–Trinajstić information content (AvgIpc) is 3.00. The van der Waals surface area contributed by atoms with Gasteiger partial charge in [-0.25, -0.2) is 0 Å². The summed E-state index contributed by atoms with van der Waals surface area (Å²) in [6.07, 6.45) is 42.4. The van der Waals surface area contributed by atoms with Crippen molar-refractivity contribution in [2.75, 3.05) is 19.6 Å². The zero-order valence-electron chi connectivity index (χ0n) is 29.4. The first-order chi connectivity index (χ1) is 20.8. The van der Waals surface area contributed by atoms with Gasteiger partial charge in [0, 0.05) is 0 Å². The SMILES string of the molecule is CCCCCCCCCCCCN1[B]N(CCCCCCCCCCCC)[B]N(CCCCCCCCCCCC)[B]1. The molecule has 0 unspecified atom stereocenters. The van der Waals surface area contributed by atoms with Crippen LogP contribution in [0.1, 0.15) is 213 Å². The lowest BCUT2D eigenvalue weighted by Gasteiger charge is -2.40. The highest BCUT2D eigenvalue weighted by Crippen LogP contribution is 2.15. The molecule has 1 heterocycles. The fourth-order valence-electron chi connectivity index (χ4n) is 6.35. The van der Waals surface area contributed by atoms with Crippen molar-refractivity contribution in [3.63, 3.8) is 0 Å². The second-order valence-electron chi connectivity index (χ2n) is 13.6. The average molecular weight is 582 g/mol. The molecular weight excluding hydrogens is 507 g/mol. The van der Waals surface area contributed by atoms with Crippen molar-refractivity contribution in [3.8, 4) is 0 Å². The van der Waals surface area contributed by atoms with Gasteiger partial charge in [0.05, 0.1) is 0 Å². The smallest absolute Gasteiger partial charge is 0.290 e. The zero-order valence-corrected chi connectivity index (χ0v) is 29.4. The zero-order chi connectivity index (χ0) is 30.2. The van der Waals surface area contributed by atoms with Gasteiger partial charge in [0.2, 0.25) is 0 Å². The Kier molecular flexibility index (Phi) is 31.0. The van der Waals surface area contributed by atoms with E-state index < -0.39 is 0 Å². The van der Waals surface area contributed by atoms with Crippen molar-refractivity contribution in [1.29, 1.82) is 0 Å². The van der Waals surface area contributed by atoms with Crippen molar-refractivity contribution in [2.45, 2.75) is 213 Å². The molecule has 3 radical (unpaired) electrons. The number of unbranched alkanes of at least 4 members (excludes halogenated alkanes) is 27. The lowest BCUT2D eigenvalue weighted by Crippen LogP contribution is -2.61. The number of hydrogen-bond donors (Lipinski definition) is 0. The molecule has 1 fully saturated rings. The van der Waals surface area contributed by atoms with E-state index in [0.29, 0.717) is 0 Å². The summed E-state index contributed by atoms with van der Waals surface area (Å²) in [5.74, 6) is 0. The Balaban J connectivity index is 2.23. The van der Waals surface area contributed by atoms with Gasteiger partial charge < -0.3 is 14.2 Å². The third kappa shape index (κ3) is 26.5. The molecule has 0 aromatic rings. The quantitative estimate of drug-likeness (QED) is 0.0563. The summed E-state index contributed by atoms with van der Waals surface area (Å²) in [7, 11) is 7.20. The molecule has 1 saturated heterocycles. The topological polar surface area (TPSA) is 9.72 Å². The first kappa shape index (κ1) is 40.1. The first-order valence-electron chi connectivity index (χ1n) is 19.6. The van der Waals surface area contributed by atoms with E-state index in [1.807, 2.05) is 0 Å². The molecule has 0 bridgehead atoms. The summed E-state index contributed by atoms with van der Waals surface area (Å²) in [4.78, 5) is 0. The molecule has 0 amide bonds. The van der Waals surface area contributed by atoms with E-state index in [1.54, 1.807) is 0 Å². The van der Waals surface area contributed by atoms with Crippen LogP contribution in [0.2, 0.25) is 0 Å². The van der Waals surface area contributed by atoms with Crippen molar-refractivity contribution in [3.05, 3.63) is 0 Å². The van der Waals surface area contributed by atoms with Crippen LogP contribution in [0, 0.1) is 0 Å². The molecule has 1 rings (SSSR count). The Morgan fingerprint density at radius 2 is 0.405 bits per heavy atom. The maximum absolute atomic E-state index is 2.50. The first-order valence-corrected chi connectivity index (χ1v) is 19.6. The molecular formula is C36H75B3N3. The second-order valence-corrected chi connectivity index (χ2v) is 13.6. The molecule has 0 aromatic heterocycles. The van der Waals surface area contributed by atoms with Crippen molar-refractivity contribution in [1.82, 2.24) is 14.2 Å². The van der Waals surface area contributed by atoms with Crippen molar-refractivity contribution >= 4 is 22.6 Å². The largest absolute Gasteiger partial charge is 0.365 e. The van der Waals surface area contributed by atoms with Crippen LogP contribution in [0.15, 0.2) is 0 Å². The lowest BCUT2D eigenvalue weighted by molar-refractivity contribution is 0.439. The van der Waals surface area contributed by atoms with Crippen molar-refractivity contribution < 1.29 is 0 Å². The van der Waals surface area contributed by atoms with Gasteiger partial charge in [-0.15, -0.1) is 0 Å². The van der Waals surface area contributed by atoms with E-state index in [-0.39, 0.29) is 0 Å². The van der Waals surface area contributed by atoms with E-state index >= 15 is 0 Å². The molecule has 0 aromatic carbocycles. The van der Waals surface area contributed by atoms with Gasteiger partial charge in [-0.1, -0.05) is 194 Å². The molecule has 6 heteroatoms. The second kappa shape index (κ2) is 32.5. The predicted molar refractivity (Wildman–Crippen MR) is 193 cm³/mol. The van der Waals surface area contributed by atoms with E-state index in [0.717, 1.165) is 0 Å². The number of rotatable bonds is 33. The molecule has 0 atom stereocenters. The molecule has 243 valence electrons. The standard InChI is InChI=1S/C36H75B3N3/c1-4-7-10-13-16-19-22-25-28-31-34-40-37-41(35-32-29-26-23-20-17-14-11-8-5-2)39-42(38-40)36-33-30-27-24-21-18-15-12-9-6-3/h4-36H2,1-3H3. The van der Waals surface area contributed by atoms with Crippen LogP contribution in [0.25, 0.3) is 0 Å². The molecule has 0 N–H and O–H groups in total. The molecule has 0 aliphatic carbocycles. The van der Waals surface area contributed by atoms with Gasteiger partial charge >= 0.3 is 0 Å². The van der Waals surface area contributed by atoms with Crippen LogP contribution in [-0.2, 0) is 0 Å². The van der Waals surface area contributed by atoms with Crippen LogP contribution in [0.4, 0.5) is 0 Å². The Bertz CT molecular complexity index is 448. The van der Waals surface area contributed by atoms with E-state index in [4.69, 9.17) is 0 Å². The van der Waals surface area contributed by atoms with Gasteiger partial charge in [-0.2, -0.15) is 0 Å². The van der Waals surface area contributed by atoms with Crippen LogP contribution in [-0.4, -0.2) is 56.4 Å². The van der Waals surface area contributed by atoms with Gasteiger partial charge in [-0.05, 0) is 38.9 Å². The Labute approximate surface area is 269 Å². The maximum Gasteiger partial charge on any atom is 0.290 e. The van der Waals surface area contributed by atoms with E-state index in [2.05, 4.69) is 57.6 Å². The molecule has 0 spiro atoms. The van der Waals surface area contributed by atoms with E-state index in [1.165, 1.54) is 212 Å². The summed E-state index contributed by atoms with van der Waals surface area (Å²) in [5, 5.41) is 0. The predicted octanol–water partition coefficient (Wildman–Crippen LogP) is 11.3. The van der Waals surface area contributed by atoms with Gasteiger partial charge in [0.15, 0.2) is 0 Å². The molecule has 1 aliphatic heterocycles. The molecule has 3 nitrogen and oxygen atoms in total. The maximum atomic E-state index is 2.50. The molecule has 1 aliphatic rings. The summed E-state index contributed by atoms with van der Waals surface area (Å²) in [6, 6.07) is 0. The normalized spacial score (nSPS) is 14.6. The van der Waals surface area contributed by atoms with E-state index in [9.17, 15) is 0 Å². The highest BCUT2D eigenvalue weighted by molar-refractivity contribution is 6.64. The Morgan fingerprint density at radius 1 is 0.238 bits per heavy atom. The minimum atomic E-state index is 1.17. The van der Waals surface area contributed by atoms with Crippen LogP contribution < -0.4 is 0 Å². The summed E-state index contributed by atoms with van der Waals surface area (Å²) < 4.78 is 7.49. The van der Waals surface area contributed by atoms with Crippen molar-refractivity contribution in [2.24, 2.45) is 0 Å². The highest BCUT2D eigenvalue weighted by Gasteiger charge is 2.27.